The van der Waals surface area contributed by atoms with Crippen molar-refractivity contribution < 1.29 is 0 Å². The van der Waals surface area contributed by atoms with Gasteiger partial charge in [0, 0.05) is 0 Å². The molecule has 0 amide bonds. The minimum absolute atomic E-state index is 1.09. The van der Waals surface area contributed by atoms with Crippen LogP contribution >= 0.6 is 0 Å². The van der Waals surface area contributed by atoms with Crippen LogP contribution in [0.1, 0.15) is 0 Å². The maximum Gasteiger partial charge on any atom is -0.0162 e. The molecular weight excluding hydrogens is 144 g/mol. The molecule has 0 nitrogen and oxygen atoms in total. The van der Waals surface area contributed by atoms with Gasteiger partial charge in [-0.25, -0.2) is 0 Å². The largest absolute Gasteiger partial charge is 0.0845 e. The molecule has 0 N–H and O–H groups in total. The molecule has 6 aliphatic carbocycles. The molecule has 0 aromatic heterocycles. The molecule has 0 atom stereocenters. The van der Waals surface area contributed by atoms with Crippen molar-refractivity contribution in [2.45, 2.75) is 0 Å². The molecule has 6 aliphatic rings. The van der Waals surface area contributed by atoms with Gasteiger partial charge in [-0.1, -0.05) is 12.2 Å². The molecule has 0 bridgehead atoms. The maximum absolute atomic E-state index is 2.61. The topological polar surface area (TPSA) is 0 Å². The Hall–Kier alpha value is -0.260. The second-order valence-electron chi connectivity index (χ2n) is 6.16. The molecule has 0 aliphatic heterocycles. The van der Waals surface area contributed by atoms with E-state index in [4.69, 9.17) is 0 Å². The third-order valence-corrected chi connectivity index (χ3v) is 6.50. The zero-order valence-corrected chi connectivity index (χ0v) is 6.93. The van der Waals surface area contributed by atoms with Crippen LogP contribution in [0.4, 0.5) is 0 Å². The summed E-state index contributed by atoms with van der Waals surface area (Å²) in [6.07, 6.45) is 5.22. The van der Waals surface area contributed by atoms with E-state index in [1.807, 2.05) is 0 Å². The van der Waals surface area contributed by atoms with E-state index >= 15 is 0 Å². The quantitative estimate of drug-likeness (QED) is 0.469. The maximum atomic E-state index is 2.61. The molecule has 0 heteroatoms. The third kappa shape index (κ3) is 0.231. The lowest BCUT2D eigenvalue weighted by atomic mass is 9.86. The standard InChI is InChI=1S/C12H12/c1-2-4-5-3(1)6-9-8(5)10-7(4)12(10)11(6)9/h1-12H. The molecule has 5 saturated carbocycles. The highest BCUT2D eigenvalue weighted by Gasteiger charge is 2.89. The molecule has 0 aromatic carbocycles. The fourth-order valence-electron chi connectivity index (χ4n) is 6.67. The predicted molar refractivity (Wildman–Crippen MR) is 44.0 cm³/mol. The Morgan fingerprint density at radius 1 is 0.417 bits per heavy atom. The Morgan fingerprint density at radius 2 is 0.833 bits per heavy atom. The van der Waals surface area contributed by atoms with Gasteiger partial charge in [0.1, 0.15) is 0 Å². The highest BCUT2D eigenvalue weighted by molar-refractivity contribution is 5.41. The van der Waals surface area contributed by atoms with Gasteiger partial charge < -0.3 is 0 Å². The molecule has 0 spiro atoms. The van der Waals surface area contributed by atoms with E-state index in [0.717, 1.165) is 11.8 Å². The van der Waals surface area contributed by atoms with E-state index in [0.29, 0.717) is 0 Å². The van der Waals surface area contributed by atoms with Gasteiger partial charge in [0.05, 0.1) is 0 Å². The van der Waals surface area contributed by atoms with Crippen LogP contribution in [-0.2, 0) is 0 Å². The van der Waals surface area contributed by atoms with Crippen molar-refractivity contribution >= 4 is 0 Å². The smallest absolute Gasteiger partial charge is 0.0162 e. The Labute approximate surface area is 72.0 Å². The van der Waals surface area contributed by atoms with Gasteiger partial charge in [0.15, 0.2) is 0 Å². The average molecular weight is 156 g/mol. The number of allylic oxidation sites excluding steroid dienone is 2. The van der Waals surface area contributed by atoms with Gasteiger partial charge in [-0.2, -0.15) is 0 Å². The molecule has 0 saturated heterocycles. The summed E-state index contributed by atoms with van der Waals surface area (Å²) in [5.41, 5.74) is 0. The van der Waals surface area contributed by atoms with E-state index in [-0.39, 0.29) is 0 Å². The summed E-state index contributed by atoms with van der Waals surface area (Å²) in [6, 6.07) is 0. The van der Waals surface area contributed by atoms with Gasteiger partial charge in [0.25, 0.3) is 0 Å². The van der Waals surface area contributed by atoms with Crippen LogP contribution in [0.15, 0.2) is 12.2 Å². The second kappa shape index (κ2) is 1.01. The Morgan fingerprint density at radius 3 is 1.33 bits per heavy atom. The average Bonchev–Trinajstić information content (AvgIpc) is 2.72. The van der Waals surface area contributed by atoms with Crippen molar-refractivity contribution in [3.8, 4) is 0 Å². The lowest BCUT2D eigenvalue weighted by Gasteiger charge is -2.18. The molecule has 6 rings (SSSR count). The molecule has 5 fully saturated rings. The van der Waals surface area contributed by atoms with Crippen LogP contribution in [0.5, 0.6) is 0 Å². The summed E-state index contributed by atoms with van der Waals surface area (Å²) in [5, 5.41) is 0. The van der Waals surface area contributed by atoms with E-state index in [1.54, 1.807) is 0 Å². The fourth-order valence-corrected chi connectivity index (χ4v) is 6.67. The number of hydrogen-bond donors (Lipinski definition) is 0. The van der Waals surface area contributed by atoms with Crippen molar-refractivity contribution in [2.75, 3.05) is 0 Å². The number of hydrogen-bond acceptors (Lipinski definition) is 0. The number of fused-ring (bicyclic) bond motifs is 5. The van der Waals surface area contributed by atoms with E-state index in [2.05, 4.69) is 12.2 Å². The van der Waals surface area contributed by atoms with Gasteiger partial charge in [0.2, 0.25) is 0 Å². The zero-order valence-electron chi connectivity index (χ0n) is 6.93. The van der Waals surface area contributed by atoms with Crippen LogP contribution in [0.2, 0.25) is 0 Å². The van der Waals surface area contributed by atoms with E-state index < -0.39 is 0 Å². The van der Waals surface area contributed by atoms with Crippen LogP contribution < -0.4 is 0 Å². The summed E-state index contributed by atoms with van der Waals surface area (Å²) < 4.78 is 0. The first-order valence-electron chi connectivity index (χ1n) is 5.67. The molecular formula is C12H12. The van der Waals surface area contributed by atoms with Gasteiger partial charge in [-0.3, -0.25) is 0 Å². The summed E-state index contributed by atoms with van der Waals surface area (Å²) in [4.78, 5) is 0. The van der Waals surface area contributed by atoms with Crippen molar-refractivity contribution in [1.29, 1.82) is 0 Å². The van der Waals surface area contributed by atoms with Crippen LogP contribution in [0, 0.1) is 59.2 Å². The first-order valence-corrected chi connectivity index (χ1v) is 5.67. The molecule has 0 unspecified atom stereocenters. The highest BCUT2D eigenvalue weighted by atomic mass is 14.9. The summed E-state index contributed by atoms with van der Waals surface area (Å²) in [5.74, 6) is 12.1. The van der Waals surface area contributed by atoms with E-state index in [9.17, 15) is 0 Å². The first-order chi connectivity index (χ1) is 5.98. The van der Waals surface area contributed by atoms with Gasteiger partial charge in [-0.15, -0.1) is 0 Å². The molecule has 0 aromatic rings. The lowest BCUT2D eigenvalue weighted by molar-refractivity contribution is 0.309. The summed E-state index contributed by atoms with van der Waals surface area (Å²) in [7, 11) is 0. The van der Waals surface area contributed by atoms with Gasteiger partial charge >= 0.3 is 0 Å². The second-order valence-corrected chi connectivity index (χ2v) is 6.16. The Bertz CT molecular complexity index is 310. The lowest BCUT2D eigenvalue weighted by Crippen LogP contribution is -2.15. The Kier molecular flexibility index (Phi) is 0.407. The van der Waals surface area contributed by atoms with Crippen LogP contribution in [0.3, 0.4) is 0 Å². The van der Waals surface area contributed by atoms with Gasteiger partial charge in [-0.05, 0) is 59.2 Å². The van der Waals surface area contributed by atoms with Crippen LogP contribution in [-0.4, -0.2) is 0 Å². The summed E-state index contributed by atoms with van der Waals surface area (Å²) in [6.45, 7) is 0. The summed E-state index contributed by atoms with van der Waals surface area (Å²) >= 11 is 0. The molecule has 12 heavy (non-hydrogen) atoms. The monoisotopic (exact) mass is 156 g/mol. The minimum Gasteiger partial charge on any atom is -0.0845 e. The minimum atomic E-state index is 1.09. The molecule has 0 heterocycles. The van der Waals surface area contributed by atoms with E-state index in [1.165, 1.54) is 47.3 Å². The van der Waals surface area contributed by atoms with Crippen molar-refractivity contribution in [3.05, 3.63) is 12.2 Å². The van der Waals surface area contributed by atoms with Crippen molar-refractivity contribution in [2.24, 2.45) is 59.2 Å². The zero-order chi connectivity index (χ0) is 7.19. The van der Waals surface area contributed by atoms with Crippen molar-refractivity contribution in [3.63, 3.8) is 0 Å². The third-order valence-electron chi connectivity index (χ3n) is 6.50. The molecule has 0 radical (unpaired) electrons. The van der Waals surface area contributed by atoms with Crippen molar-refractivity contribution in [1.82, 2.24) is 0 Å². The predicted octanol–water partition coefficient (Wildman–Crippen LogP) is 1.79. The SMILES string of the molecule is C1=CC2C3C1C1C4C3C3C2C3C14. The Balaban J connectivity index is 1.82. The highest BCUT2D eigenvalue weighted by Crippen LogP contribution is 2.93. The fraction of sp³-hybridized carbons (Fsp3) is 0.833. The number of rotatable bonds is 0. The van der Waals surface area contributed by atoms with Crippen LogP contribution in [0.25, 0.3) is 0 Å². The molecule has 60 valence electrons. The normalized spacial score (nSPS) is 92.7. The first kappa shape index (κ1) is 4.83.